The van der Waals surface area contributed by atoms with Crippen LogP contribution in [-0.4, -0.2) is 72.9 Å². The van der Waals surface area contributed by atoms with Gasteiger partial charge in [0.2, 0.25) is 17.7 Å². The molecule has 13 heteroatoms. The number of amides is 3. The molecule has 3 amide bonds. The van der Waals surface area contributed by atoms with Gasteiger partial charge >= 0.3 is 5.97 Å². The van der Waals surface area contributed by atoms with Gasteiger partial charge in [0.05, 0.1) is 30.1 Å². The van der Waals surface area contributed by atoms with E-state index < -0.39 is 47.9 Å². The topological polar surface area (TPSA) is 208 Å². The zero-order valence-electron chi connectivity index (χ0n) is 23.3. The number of nitrogens with zero attached hydrogens (tertiary/aromatic N) is 2. The monoisotopic (exact) mass is 586 g/mol. The smallest absolute Gasteiger partial charge is 0.326 e. The predicted molar refractivity (Wildman–Crippen MR) is 156 cm³/mol. The molecular formula is C30H34N8O5. The van der Waals surface area contributed by atoms with Crippen LogP contribution < -0.4 is 21.7 Å². The Balaban J connectivity index is 1.53. The van der Waals surface area contributed by atoms with Crippen LogP contribution in [0.4, 0.5) is 0 Å². The van der Waals surface area contributed by atoms with Crippen LogP contribution in [0.25, 0.3) is 0 Å². The first-order valence-corrected chi connectivity index (χ1v) is 13.7. The zero-order valence-corrected chi connectivity index (χ0v) is 23.3. The molecule has 43 heavy (non-hydrogen) atoms. The lowest BCUT2D eigenvalue weighted by Gasteiger charge is -2.25. The Kier molecular flexibility index (Phi) is 10.7. The standard InChI is InChI=1S/C30H34N8O5/c31-23(13-21-15-32-17-34-21)27(39)36-24(11-19-7-3-1-4-8-19)28(40)37-25(12-20-9-5-2-6-10-20)29(41)38-26(30(42)43)14-22-16-33-18-35-22/h1-10,15-18,23-26H,11-14,31H2,(H,32,34)(H,33,35)(H,36,39)(H,37,40)(H,38,41)(H,42,43)/t23-,24-,25-,26-/m0/s1. The van der Waals surface area contributed by atoms with E-state index in [1.54, 1.807) is 36.7 Å². The maximum Gasteiger partial charge on any atom is 0.326 e. The number of aromatic amines is 2. The Bertz CT molecular complexity index is 1460. The third-order valence-corrected chi connectivity index (χ3v) is 6.73. The Morgan fingerprint density at radius 1 is 0.651 bits per heavy atom. The average Bonchev–Trinajstić information content (AvgIpc) is 3.72. The van der Waals surface area contributed by atoms with Crippen LogP contribution >= 0.6 is 0 Å². The first-order valence-electron chi connectivity index (χ1n) is 13.7. The molecule has 0 aliphatic rings. The third kappa shape index (κ3) is 9.36. The van der Waals surface area contributed by atoms with Crippen LogP contribution in [0, 0.1) is 0 Å². The highest BCUT2D eigenvalue weighted by molar-refractivity contribution is 5.94. The van der Waals surface area contributed by atoms with Gasteiger partial charge in [-0.3, -0.25) is 14.4 Å². The first kappa shape index (κ1) is 30.7. The van der Waals surface area contributed by atoms with Gasteiger partial charge < -0.3 is 36.8 Å². The molecule has 0 bridgehead atoms. The van der Waals surface area contributed by atoms with Gasteiger partial charge in [-0.2, -0.15) is 0 Å². The largest absolute Gasteiger partial charge is 0.480 e. The average molecular weight is 587 g/mol. The number of carbonyl (C=O) groups excluding carboxylic acids is 3. The van der Waals surface area contributed by atoms with Crippen molar-refractivity contribution in [2.45, 2.75) is 49.9 Å². The summed E-state index contributed by atoms with van der Waals surface area (Å²) in [5.41, 5.74) is 8.68. The van der Waals surface area contributed by atoms with Gasteiger partial charge in [0.15, 0.2) is 0 Å². The number of imidazole rings is 2. The van der Waals surface area contributed by atoms with Crippen LogP contribution in [0.2, 0.25) is 0 Å². The number of H-pyrrole nitrogens is 2. The van der Waals surface area contributed by atoms with Gasteiger partial charge in [0.25, 0.3) is 0 Å². The van der Waals surface area contributed by atoms with Crippen molar-refractivity contribution in [1.29, 1.82) is 0 Å². The summed E-state index contributed by atoms with van der Waals surface area (Å²) in [5.74, 6) is -3.13. The van der Waals surface area contributed by atoms with Gasteiger partial charge in [-0.1, -0.05) is 60.7 Å². The molecule has 2 aromatic heterocycles. The van der Waals surface area contributed by atoms with E-state index in [4.69, 9.17) is 5.73 Å². The molecule has 224 valence electrons. The molecule has 0 spiro atoms. The fourth-order valence-electron chi connectivity index (χ4n) is 4.47. The minimum absolute atomic E-state index is 0.0584. The molecule has 4 atom stereocenters. The molecule has 8 N–H and O–H groups in total. The third-order valence-electron chi connectivity index (χ3n) is 6.73. The summed E-state index contributed by atoms with van der Waals surface area (Å²) in [6.45, 7) is 0. The second-order valence-electron chi connectivity index (χ2n) is 10.0. The number of nitrogens with two attached hydrogens (primary N) is 1. The Labute approximate surface area is 247 Å². The lowest BCUT2D eigenvalue weighted by molar-refractivity contribution is -0.142. The number of hydrogen-bond donors (Lipinski definition) is 7. The van der Waals surface area contributed by atoms with Gasteiger partial charge in [0.1, 0.15) is 18.1 Å². The SMILES string of the molecule is N[C@@H](Cc1c[nH]cn1)C(=O)N[C@@H](Cc1ccccc1)C(=O)N[C@@H](Cc1ccccc1)C(=O)N[C@@H](Cc1c[nH]cn1)C(=O)O. The van der Waals surface area contributed by atoms with Crippen molar-refractivity contribution < 1.29 is 24.3 Å². The predicted octanol–water partition coefficient (Wildman–Crippen LogP) is 0.270. The molecule has 2 heterocycles. The summed E-state index contributed by atoms with van der Waals surface area (Å²) in [4.78, 5) is 65.9. The van der Waals surface area contributed by atoms with E-state index in [1.165, 1.54) is 12.7 Å². The molecule has 0 aliphatic heterocycles. The van der Waals surface area contributed by atoms with Gasteiger partial charge in [-0.25, -0.2) is 14.8 Å². The zero-order chi connectivity index (χ0) is 30.6. The molecule has 2 aromatic carbocycles. The van der Waals surface area contributed by atoms with Crippen molar-refractivity contribution in [2.75, 3.05) is 0 Å². The maximum absolute atomic E-state index is 13.7. The lowest BCUT2D eigenvalue weighted by Crippen LogP contribution is -2.58. The van der Waals surface area contributed by atoms with Gasteiger partial charge in [-0.05, 0) is 11.1 Å². The molecule has 13 nitrogen and oxygen atoms in total. The number of aliphatic carboxylic acids is 1. The minimum Gasteiger partial charge on any atom is -0.480 e. The summed E-state index contributed by atoms with van der Waals surface area (Å²) >= 11 is 0. The van der Waals surface area contributed by atoms with E-state index in [0.717, 1.165) is 11.1 Å². The van der Waals surface area contributed by atoms with Gasteiger partial charge in [-0.15, -0.1) is 0 Å². The van der Waals surface area contributed by atoms with Crippen LogP contribution in [0.1, 0.15) is 22.5 Å². The highest BCUT2D eigenvalue weighted by atomic mass is 16.4. The molecule has 0 saturated heterocycles. The van der Waals surface area contributed by atoms with Gasteiger partial charge in [0, 0.05) is 38.1 Å². The highest BCUT2D eigenvalue weighted by Gasteiger charge is 2.31. The fourth-order valence-corrected chi connectivity index (χ4v) is 4.47. The number of rotatable bonds is 15. The number of hydrogen-bond acceptors (Lipinski definition) is 7. The first-order chi connectivity index (χ1) is 20.8. The molecule has 0 aliphatic carbocycles. The quantitative estimate of drug-likeness (QED) is 0.103. The number of carboxylic acids is 1. The number of benzene rings is 2. The van der Waals surface area contributed by atoms with Crippen molar-refractivity contribution in [3.8, 4) is 0 Å². The van der Waals surface area contributed by atoms with Crippen molar-refractivity contribution in [2.24, 2.45) is 5.73 Å². The number of nitrogens with one attached hydrogen (secondary N) is 5. The molecular weight excluding hydrogens is 552 g/mol. The Hall–Kier alpha value is -5.30. The van der Waals surface area contributed by atoms with E-state index in [9.17, 15) is 24.3 Å². The summed E-state index contributed by atoms with van der Waals surface area (Å²) in [6.07, 6.45) is 6.37. The number of aromatic nitrogens is 4. The normalized spacial score (nSPS) is 13.7. The summed E-state index contributed by atoms with van der Waals surface area (Å²) < 4.78 is 0. The van der Waals surface area contributed by atoms with Crippen LogP contribution in [-0.2, 0) is 44.9 Å². The van der Waals surface area contributed by atoms with E-state index in [0.29, 0.717) is 11.4 Å². The maximum atomic E-state index is 13.7. The second-order valence-corrected chi connectivity index (χ2v) is 10.0. The fraction of sp³-hybridized carbons (Fsp3) is 0.267. The minimum atomic E-state index is -1.29. The van der Waals surface area contributed by atoms with Crippen LogP contribution in [0.3, 0.4) is 0 Å². The Morgan fingerprint density at radius 3 is 1.53 bits per heavy atom. The van der Waals surface area contributed by atoms with Crippen LogP contribution in [0.15, 0.2) is 85.7 Å². The highest BCUT2D eigenvalue weighted by Crippen LogP contribution is 2.09. The molecule has 0 unspecified atom stereocenters. The van der Waals surface area contributed by atoms with Crippen molar-refractivity contribution in [3.05, 3.63) is 108 Å². The summed E-state index contributed by atoms with van der Waals surface area (Å²) in [5, 5.41) is 17.8. The molecule has 0 saturated carbocycles. The second kappa shape index (κ2) is 15.1. The summed E-state index contributed by atoms with van der Waals surface area (Å²) in [7, 11) is 0. The van der Waals surface area contributed by atoms with Crippen LogP contribution in [0.5, 0.6) is 0 Å². The van der Waals surface area contributed by atoms with E-state index in [2.05, 4.69) is 35.9 Å². The van der Waals surface area contributed by atoms with Crippen molar-refractivity contribution in [3.63, 3.8) is 0 Å². The molecule has 4 rings (SSSR count). The number of carbonyl (C=O) groups is 4. The molecule has 0 radical (unpaired) electrons. The van der Waals surface area contributed by atoms with E-state index in [-0.39, 0.29) is 25.7 Å². The lowest BCUT2D eigenvalue weighted by atomic mass is 10.0. The molecule has 4 aromatic rings. The van der Waals surface area contributed by atoms with E-state index >= 15 is 0 Å². The van der Waals surface area contributed by atoms with E-state index in [1.807, 2.05) is 36.4 Å². The molecule has 0 fully saturated rings. The van der Waals surface area contributed by atoms with Crippen molar-refractivity contribution >= 4 is 23.7 Å². The summed E-state index contributed by atoms with van der Waals surface area (Å²) in [6, 6.07) is 13.6. The number of carboxylic acid groups (broad SMARTS) is 1. The van der Waals surface area contributed by atoms with Crippen molar-refractivity contribution in [1.82, 2.24) is 35.9 Å². The Morgan fingerprint density at radius 2 is 1.09 bits per heavy atom.